The molecule has 0 spiro atoms. The van der Waals surface area contributed by atoms with Gasteiger partial charge in [0.15, 0.2) is 0 Å². The van der Waals surface area contributed by atoms with Crippen LogP contribution in [0.4, 0.5) is 0 Å². The van der Waals surface area contributed by atoms with E-state index in [1.54, 1.807) is 6.92 Å². The van der Waals surface area contributed by atoms with Gasteiger partial charge in [-0.1, -0.05) is 37.8 Å². The lowest BCUT2D eigenvalue weighted by Crippen LogP contribution is -2.41. The van der Waals surface area contributed by atoms with Gasteiger partial charge in [-0.3, -0.25) is 4.84 Å². The molecule has 0 amide bonds. The molecule has 0 fully saturated rings. The molecular weight excluding hydrogens is 226 g/mol. The second-order valence-corrected chi connectivity index (χ2v) is 5.01. The van der Waals surface area contributed by atoms with Crippen molar-refractivity contribution < 1.29 is 14.3 Å². The van der Waals surface area contributed by atoms with E-state index in [2.05, 4.69) is 25.6 Å². The highest BCUT2D eigenvalue weighted by Crippen LogP contribution is 2.16. The van der Waals surface area contributed by atoms with Gasteiger partial charge in [0.1, 0.15) is 20.6 Å². The Morgan fingerprint density at radius 3 is 2.33 bits per heavy atom. The zero-order valence-corrected chi connectivity index (χ0v) is 11.7. The molecule has 0 unspecified atom stereocenters. The van der Waals surface area contributed by atoms with Crippen LogP contribution in [-0.4, -0.2) is 24.7 Å². The van der Waals surface area contributed by atoms with E-state index in [-0.39, 0.29) is 10.6 Å². The maximum Gasteiger partial charge on any atom is 0.392 e. The molecular formula is C15H22NO2+. The first kappa shape index (κ1) is 14.5. The molecule has 0 saturated carbocycles. The average Bonchev–Trinajstić information content (AvgIpc) is 2.28. The fraction of sp³-hybridized carbons (Fsp3) is 0.400. The van der Waals surface area contributed by atoms with Crippen LogP contribution in [0.3, 0.4) is 0 Å². The standard InChI is InChI=1S/C15H22NO2/c1-6-13-9-7-8-10-14(13)11-16(4,5)18-15(17)12(2)3/h7-10H,2,6,11H2,1,3-5H3/q+1. The van der Waals surface area contributed by atoms with Crippen molar-refractivity contribution in [2.75, 3.05) is 14.1 Å². The van der Waals surface area contributed by atoms with Gasteiger partial charge in [-0.05, 0) is 18.9 Å². The van der Waals surface area contributed by atoms with E-state index in [4.69, 9.17) is 4.84 Å². The minimum atomic E-state index is -0.353. The molecule has 0 heterocycles. The van der Waals surface area contributed by atoms with Crippen LogP contribution in [0.2, 0.25) is 0 Å². The maximum absolute atomic E-state index is 11.6. The van der Waals surface area contributed by atoms with Crippen molar-refractivity contribution in [2.24, 2.45) is 0 Å². The Bertz CT molecular complexity index is 450. The summed E-state index contributed by atoms with van der Waals surface area (Å²) in [5, 5.41) is 0. The lowest BCUT2D eigenvalue weighted by Gasteiger charge is -2.26. The predicted octanol–water partition coefficient (Wildman–Crippen LogP) is 2.86. The monoisotopic (exact) mass is 248 g/mol. The number of hydrogen-bond acceptors (Lipinski definition) is 2. The molecule has 1 aromatic carbocycles. The molecule has 18 heavy (non-hydrogen) atoms. The van der Waals surface area contributed by atoms with Crippen LogP contribution in [0.1, 0.15) is 25.0 Å². The fourth-order valence-electron chi connectivity index (χ4n) is 1.80. The minimum absolute atomic E-state index is 0.169. The summed E-state index contributed by atoms with van der Waals surface area (Å²) in [6.45, 7) is 8.03. The van der Waals surface area contributed by atoms with Crippen molar-refractivity contribution in [1.82, 2.24) is 0 Å². The summed E-state index contributed by atoms with van der Waals surface area (Å²) < 4.78 is 0.169. The summed E-state index contributed by atoms with van der Waals surface area (Å²) in [5.41, 5.74) is 2.92. The summed E-state index contributed by atoms with van der Waals surface area (Å²) in [4.78, 5) is 17.0. The van der Waals surface area contributed by atoms with Gasteiger partial charge in [0, 0.05) is 11.1 Å². The lowest BCUT2D eigenvalue weighted by atomic mass is 10.1. The van der Waals surface area contributed by atoms with Gasteiger partial charge in [-0.2, -0.15) is 0 Å². The van der Waals surface area contributed by atoms with Gasteiger partial charge < -0.3 is 0 Å². The van der Waals surface area contributed by atoms with Gasteiger partial charge in [0.25, 0.3) is 0 Å². The molecule has 1 rings (SSSR count). The molecule has 0 aromatic heterocycles. The third-order valence-electron chi connectivity index (χ3n) is 2.73. The van der Waals surface area contributed by atoms with Crippen molar-refractivity contribution >= 4 is 5.97 Å². The van der Waals surface area contributed by atoms with Crippen LogP contribution >= 0.6 is 0 Å². The number of nitrogens with zero attached hydrogens (tertiary/aromatic N) is 1. The van der Waals surface area contributed by atoms with Gasteiger partial charge in [0.2, 0.25) is 0 Å². The molecule has 0 aliphatic carbocycles. The van der Waals surface area contributed by atoms with Crippen LogP contribution in [-0.2, 0) is 22.6 Å². The van der Waals surface area contributed by atoms with Gasteiger partial charge in [0.05, 0.1) is 0 Å². The quantitative estimate of drug-likeness (QED) is 0.455. The van der Waals surface area contributed by atoms with E-state index >= 15 is 0 Å². The van der Waals surface area contributed by atoms with E-state index in [0.29, 0.717) is 12.1 Å². The summed E-state index contributed by atoms with van der Waals surface area (Å²) in [6, 6.07) is 8.22. The van der Waals surface area contributed by atoms with Crippen molar-refractivity contribution in [3.05, 3.63) is 47.5 Å². The third-order valence-corrected chi connectivity index (χ3v) is 2.73. The Labute approximate surface area is 109 Å². The largest absolute Gasteiger partial charge is 0.392 e. The summed E-state index contributed by atoms with van der Waals surface area (Å²) >= 11 is 0. The second kappa shape index (κ2) is 5.83. The Morgan fingerprint density at radius 1 is 1.28 bits per heavy atom. The molecule has 98 valence electrons. The Hall–Kier alpha value is -1.61. The number of rotatable bonds is 5. The highest BCUT2D eigenvalue weighted by atomic mass is 16.7. The molecule has 0 saturated heterocycles. The fourth-order valence-corrected chi connectivity index (χ4v) is 1.80. The van der Waals surface area contributed by atoms with E-state index in [0.717, 1.165) is 6.42 Å². The van der Waals surface area contributed by atoms with Crippen LogP contribution in [0.25, 0.3) is 0 Å². The Balaban J connectivity index is 2.81. The normalized spacial score (nSPS) is 11.1. The highest BCUT2D eigenvalue weighted by molar-refractivity contribution is 5.86. The molecule has 0 aliphatic rings. The molecule has 0 aliphatic heterocycles. The number of hydrogen-bond donors (Lipinski definition) is 0. The molecule has 3 heteroatoms. The second-order valence-electron chi connectivity index (χ2n) is 5.01. The maximum atomic E-state index is 11.6. The molecule has 0 N–H and O–H groups in total. The number of benzene rings is 1. The average molecular weight is 248 g/mol. The van der Waals surface area contributed by atoms with Crippen molar-refractivity contribution in [3.63, 3.8) is 0 Å². The highest BCUT2D eigenvalue weighted by Gasteiger charge is 2.24. The topological polar surface area (TPSA) is 26.3 Å². The van der Waals surface area contributed by atoms with E-state index in [1.807, 2.05) is 26.2 Å². The smallest absolute Gasteiger partial charge is 0.272 e. The summed E-state index contributed by atoms with van der Waals surface area (Å²) in [5.74, 6) is -0.353. The number of carbonyl (C=O) groups is 1. The van der Waals surface area contributed by atoms with Gasteiger partial charge in [-0.15, -0.1) is 4.65 Å². The van der Waals surface area contributed by atoms with Crippen LogP contribution < -0.4 is 0 Å². The number of hydroxylamine groups is 3. The number of quaternary nitrogens is 1. The Kier molecular flexibility index (Phi) is 4.68. The zero-order valence-electron chi connectivity index (χ0n) is 11.7. The summed E-state index contributed by atoms with van der Waals surface area (Å²) in [7, 11) is 3.74. The van der Waals surface area contributed by atoms with Crippen molar-refractivity contribution in [2.45, 2.75) is 26.8 Å². The number of aryl methyl sites for hydroxylation is 1. The predicted molar refractivity (Wildman–Crippen MR) is 72.5 cm³/mol. The van der Waals surface area contributed by atoms with E-state index in [1.165, 1.54) is 11.1 Å². The SMILES string of the molecule is C=C(C)C(=O)O[N+](C)(C)Cc1ccccc1CC. The number of carbonyl (C=O) groups excluding carboxylic acids is 1. The first-order chi connectivity index (χ1) is 8.35. The molecule has 3 nitrogen and oxygen atoms in total. The summed E-state index contributed by atoms with van der Waals surface area (Å²) in [6.07, 6.45) is 0.977. The minimum Gasteiger partial charge on any atom is -0.272 e. The van der Waals surface area contributed by atoms with E-state index in [9.17, 15) is 4.79 Å². The van der Waals surface area contributed by atoms with Gasteiger partial charge in [-0.25, -0.2) is 4.79 Å². The first-order valence-electron chi connectivity index (χ1n) is 6.15. The molecule has 0 radical (unpaired) electrons. The van der Waals surface area contributed by atoms with Crippen LogP contribution in [0, 0.1) is 0 Å². The van der Waals surface area contributed by atoms with Crippen molar-refractivity contribution in [1.29, 1.82) is 0 Å². The Morgan fingerprint density at radius 2 is 1.83 bits per heavy atom. The molecule has 1 aromatic rings. The van der Waals surface area contributed by atoms with Gasteiger partial charge >= 0.3 is 5.97 Å². The molecule has 0 bridgehead atoms. The first-order valence-corrected chi connectivity index (χ1v) is 6.15. The third kappa shape index (κ3) is 4.00. The van der Waals surface area contributed by atoms with Crippen molar-refractivity contribution in [3.8, 4) is 0 Å². The molecule has 0 atom stereocenters. The van der Waals surface area contributed by atoms with Crippen LogP contribution in [0.15, 0.2) is 36.4 Å². The zero-order chi connectivity index (χ0) is 13.8. The lowest BCUT2D eigenvalue weighted by molar-refractivity contribution is -1.07. The van der Waals surface area contributed by atoms with Crippen LogP contribution in [0.5, 0.6) is 0 Å². The van der Waals surface area contributed by atoms with E-state index < -0.39 is 0 Å².